The quantitative estimate of drug-likeness (QED) is 0.849. The first-order valence-corrected chi connectivity index (χ1v) is 8.78. The maximum atomic E-state index is 12.5. The van der Waals surface area contributed by atoms with Crippen LogP contribution in [0.15, 0.2) is 30.3 Å². The number of amides is 2. The number of fused-ring (bicyclic) bond motifs is 1. The Morgan fingerprint density at radius 3 is 2.64 bits per heavy atom. The molecular weight excluding hydrogens is 301 g/mol. The number of hydrogen-bond acceptors (Lipinski definition) is 4. The molecule has 2 aliphatic rings. The van der Waals surface area contributed by atoms with E-state index in [4.69, 9.17) is 9.05 Å². The number of nitrogens with one attached hydrogen (secondary N) is 1. The number of nitrogens with zero attached hydrogens (tertiary/aromatic N) is 2. The van der Waals surface area contributed by atoms with E-state index in [1.54, 1.807) is 0 Å². The number of rotatable bonds is 2. The molecule has 120 valence electrons. The molecule has 3 rings (SSSR count). The van der Waals surface area contributed by atoms with Crippen LogP contribution in [-0.2, 0) is 9.05 Å². The van der Waals surface area contributed by atoms with Gasteiger partial charge in [0.05, 0.1) is 19.3 Å². The molecule has 0 aliphatic carbocycles. The van der Waals surface area contributed by atoms with Crippen LogP contribution in [0.5, 0.6) is 0 Å². The van der Waals surface area contributed by atoms with Crippen molar-refractivity contribution in [3.63, 3.8) is 0 Å². The van der Waals surface area contributed by atoms with Gasteiger partial charge in [-0.3, -0.25) is 0 Å². The van der Waals surface area contributed by atoms with Gasteiger partial charge < -0.3 is 19.3 Å². The largest absolute Gasteiger partial charge is 0.331 e. The third kappa shape index (κ3) is 3.76. The molecule has 1 N–H and O–H groups in total. The molecule has 6 nitrogen and oxygen atoms in total. The Morgan fingerprint density at radius 1 is 1.14 bits per heavy atom. The SMILES string of the molecule is C[C@@H](NC(=O)N1CCO[P@@]2OCCN2CC1)c1ccccc1. The van der Waals surface area contributed by atoms with Crippen LogP contribution in [0.4, 0.5) is 4.79 Å². The topological polar surface area (TPSA) is 54.0 Å². The van der Waals surface area contributed by atoms with Gasteiger partial charge in [0.2, 0.25) is 0 Å². The summed E-state index contributed by atoms with van der Waals surface area (Å²) >= 11 is 0. The summed E-state index contributed by atoms with van der Waals surface area (Å²) in [6.45, 7) is 6.25. The second kappa shape index (κ2) is 7.38. The highest BCUT2D eigenvalue weighted by Gasteiger charge is 2.30. The molecule has 1 aromatic carbocycles. The lowest BCUT2D eigenvalue weighted by atomic mass is 10.1. The number of hydrogen-bond donors (Lipinski definition) is 1. The lowest BCUT2D eigenvalue weighted by Gasteiger charge is -2.31. The van der Waals surface area contributed by atoms with Gasteiger partial charge in [-0.15, -0.1) is 0 Å². The van der Waals surface area contributed by atoms with Gasteiger partial charge in [-0.1, -0.05) is 30.3 Å². The van der Waals surface area contributed by atoms with E-state index < -0.39 is 8.53 Å². The molecule has 2 aliphatic heterocycles. The van der Waals surface area contributed by atoms with E-state index in [2.05, 4.69) is 9.99 Å². The molecule has 0 saturated carbocycles. The summed E-state index contributed by atoms with van der Waals surface area (Å²) in [5, 5.41) is 3.06. The van der Waals surface area contributed by atoms with E-state index in [0.29, 0.717) is 19.7 Å². The van der Waals surface area contributed by atoms with Crippen molar-refractivity contribution in [1.82, 2.24) is 14.9 Å². The van der Waals surface area contributed by atoms with Crippen molar-refractivity contribution in [2.24, 2.45) is 0 Å². The van der Waals surface area contributed by atoms with Crippen LogP contribution in [0.2, 0.25) is 0 Å². The first-order chi connectivity index (χ1) is 10.7. The third-order valence-corrected chi connectivity index (χ3v) is 5.57. The van der Waals surface area contributed by atoms with Gasteiger partial charge >= 0.3 is 6.03 Å². The average molecular weight is 323 g/mol. The van der Waals surface area contributed by atoms with Crippen LogP contribution < -0.4 is 5.32 Å². The summed E-state index contributed by atoms with van der Waals surface area (Å²) in [6.07, 6.45) is 0. The molecule has 0 bridgehead atoms. The van der Waals surface area contributed by atoms with Gasteiger partial charge in [-0.05, 0) is 12.5 Å². The fourth-order valence-corrected chi connectivity index (χ4v) is 3.96. The van der Waals surface area contributed by atoms with Crippen molar-refractivity contribution in [1.29, 1.82) is 0 Å². The minimum Gasteiger partial charge on any atom is -0.331 e. The van der Waals surface area contributed by atoms with Crippen LogP contribution in [0.3, 0.4) is 0 Å². The highest BCUT2D eigenvalue weighted by molar-refractivity contribution is 7.44. The molecule has 2 amide bonds. The van der Waals surface area contributed by atoms with Crippen LogP contribution in [-0.4, -0.2) is 55.0 Å². The zero-order chi connectivity index (χ0) is 15.4. The van der Waals surface area contributed by atoms with Crippen LogP contribution in [0.25, 0.3) is 0 Å². The predicted molar refractivity (Wildman–Crippen MR) is 85.4 cm³/mol. The Morgan fingerprint density at radius 2 is 1.86 bits per heavy atom. The second-order valence-corrected chi connectivity index (χ2v) is 6.98. The van der Waals surface area contributed by atoms with Gasteiger partial charge in [0.25, 0.3) is 8.53 Å². The summed E-state index contributed by atoms with van der Waals surface area (Å²) in [5.41, 5.74) is 1.11. The molecule has 1 aromatic rings. The van der Waals surface area contributed by atoms with Gasteiger partial charge in [0, 0.05) is 26.2 Å². The number of benzene rings is 1. The molecule has 0 spiro atoms. The first-order valence-electron chi connectivity index (χ1n) is 7.65. The summed E-state index contributed by atoms with van der Waals surface area (Å²) in [6, 6.07) is 9.95. The van der Waals surface area contributed by atoms with Gasteiger partial charge in [0.1, 0.15) is 0 Å². The van der Waals surface area contributed by atoms with Crippen LogP contribution >= 0.6 is 8.53 Å². The van der Waals surface area contributed by atoms with Crippen molar-refractivity contribution in [3.8, 4) is 0 Å². The maximum Gasteiger partial charge on any atom is 0.317 e. The van der Waals surface area contributed by atoms with Crippen molar-refractivity contribution in [2.45, 2.75) is 13.0 Å². The van der Waals surface area contributed by atoms with Crippen LogP contribution in [0, 0.1) is 0 Å². The third-order valence-electron chi connectivity index (χ3n) is 3.90. The number of urea groups is 1. The molecular formula is C15H22N3O3P. The molecule has 2 fully saturated rings. The smallest absolute Gasteiger partial charge is 0.317 e. The highest BCUT2D eigenvalue weighted by Crippen LogP contribution is 2.46. The fraction of sp³-hybridized carbons (Fsp3) is 0.533. The minimum atomic E-state index is -0.879. The van der Waals surface area contributed by atoms with E-state index in [-0.39, 0.29) is 12.1 Å². The Labute approximate surface area is 132 Å². The number of carbonyl (C=O) groups is 1. The predicted octanol–water partition coefficient (Wildman–Crippen LogP) is 2.35. The van der Waals surface area contributed by atoms with Crippen molar-refractivity contribution < 1.29 is 13.8 Å². The Bertz CT molecular complexity index is 502. The second-order valence-electron chi connectivity index (χ2n) is 5.43. The molecule has 2 saturated heterocycles. The van der Waals surface area contributed by atoms with E-state index in [1.165, 1.54) is 0 Å². The molecule has 0 unspecified atom stereocenters. The zero-order valence-corrected chi connectivity index (χ0v) is 13.7. The van der Waals surface area contributed by atoms with Gasteiger partial charge in [-0.25, -0.2) is 9.46 Å². The molecule has 0 aromatic heterocycles. The standard InChI is InChI=1S/C15H22N3O3P/c1-13(14-5-3-2-4-6-14)16-15(19)17-7-8-18-10-12-21-22(18)20-11-9-17/h2-6,13H,7-12H2,1H3,(H,16,19)/t13-,22+/m1/s1. The van der Waals surface area contributed by atoms with Gasteiger partial charge in [0.15, 0.2) is 0 Å². The van der Waals surface area contributed by atoms with E-state index in [0.717, 1.165) is 25.3 Å². The monoisotopic (exact) mass is 323 g/mol. The zero-order valence-electron chi connectivity index (χ0n) is 12.8. The summed E-state index contributed by atoms with van der Waals surface area (Å²) in [4.78, 5) is 14.3. The van der Waals surface area contributed by atoms with E-state index >= 15 is 0 Å². The molecule has 2 atom stereocenters. The normalized spacial score (nSPS) is 24.2. The molecule has 7 heteroatoms. The minimum absolute atomic E-state index is 0.00713. The maximum absolute atomic E-state index is 12.5. The van der Waals surface area contributed by atoms with Crippen molar-refractivity contribution in [3.05, 3.63) is 35.9 Å². The molecule has 0 radical (unpaired) electrons. The summed E-state index contributed by atoms with van der Waals surface area (Å²) in [5.74, 6) is 0. The number of carbonyl (C=O) groups excluding carboxylic acids is 1. The van der Waals surface area contributed by atoms with E-state index in [1.807, 2.05) is 42.2 Å². The van der Waals surface area contributed by atoms with Crippen molar-refractivity contribution >= 4 is 14.6 Å². The summed E-state index contributed by atoms with van der Waals surface area (Å²) in [7, 11) is -0.879. The Balaban J connectivity index is 1.55. The fourth-order valence-electron chi connectivity index (χ4n) is 2.58. The Hall–Kier alpha value is -1.20. The first kappa shape index (κ1) is 15.7. The molecule has 22 heavy (non-hydrogen) atoms. The lowest BCUT2D eigenvalue weighted by Crippen LogP contribution is -2.46. The lowest BCUT2D eigenvalue weighted by molar-refractivity contribution is 0.162. The highest BCUT2D eigenvalue weighted by atomic mass is 31.2. The van der Waals surface area contributed by atoms with E-state index in [9.17, 15) is 4.79 Å². The van der Waals surface area contributed by atoms with Crippen LogP contribution in [0.1, 0.15) is 18.5 Å². The average Bonchev–Trinajstić information content (AvgIpc) is 2.94. The Kier molecular flexibility index (Phi) is 5.26. The van der Waals surface area contributed by atoms with Crippen molar-refractivity contribution in [2.75, 3.05) is 39.4 Å². The summed E-state index contributed by atoms with van der Waals surface area (Å²) < 4.78 is 13.5. The molecule has 2 heterocycles. The van der Waals surface area contributed by atoms with Gasteiger partial charge in [-0.2, -0.15) is 0 Å².